The molecule has 1 aromatic rings. The molecule has 2 rings (SSSR count). The Labute approximate surface area is 168 Å². The molecule has 1 aliphatic heterocycles. The maximum absolute atomic E-state index is 12.5. The van der Waals surface area contributed by atoms with Crippen molar-refractivity contribution < 1.29 is 14.5 Å². The molecule has 2 unspecified atom stereocenters. The van der Waals surface area contributed by atoms with Gasteiger partial charge in [-0.15, -0.1) is 12.4 Å². The van der Waals surface area contributed by atoms with E-state index in [1.165, 1.54) is 24.3 Å². The first-order valence-corrected chi connectivity index (χ1v) is 9.96. The van der Waals surface area contributed by atoms with Gasteiger partial charge in [-0.2, -0.15) is 11.8 Å². The lowest BCUT2D eigenvalue weighted by atomic mass is 10.1. The van der Waals surface area contributed by atoms with Gasteiger partial charge in [-0.05, 0) is 43.9 Å². The fourth-order valence-corrected chi connectivity index (χ4v) is 3.26. The van der Waals surface area contributed by atoms with Gasteiger partial charge in [0.05, 0.1) is 4.92 Å². The van der Waals surface area contributed by atoms with Gasteiger partial charge in [-0.1, -0.05) is 6.07 Å². The predicted molar refractivity (Wildman–Crippen MR) is 109 cm³/mol. The first kappa shape index (κ1) is 23.2. The molecule has 27 heavy (non-hydrogen) atoms. The Morgan fingerprint density at radius 2 is 2.22 bits per heavy atom. The largest absolute Gasteiger partial charge is 0.353 e. The average Bonchev–Trinajstić information content (AvgIpc) is 3.16. The topological polar surface area (TPSA) is 113 Å². The normalized spacial score (nSPS) is 16.9. The van der Waals surface area contributed by atoms with Crippen LogP contribution in [0.25, 0.3) is 0 Å². The first-order chi connectivity index (χ1) is 12.5. The lowest BCUT2D eigenvalue weighted by molar-refractivity contribution is -0.384. The lowest BCUT2D eigenvalue weighted by Crippen LogP contribution is -2.49. The van der Waals surface area contributed by atoms with Gasteiger partial charge in [0.25, 0.3) is 11.6 Å². The summed E-state index contributed by atoms with van der Waals surface area (Å²) in [6, 6.07) is 5.08. The van der Waals surface area contributed by atoms with E-state index < -0.39 is 16.9 Å². The number of rotatable bonds is 9. The Balaban J connectivity index is 0.00000364. The number of hydrogen-bond donors (Lipinski definition) is 3. The van der Waals surface area contributed by atoms with Gasteiger partial charge in [-0.25, -0.2) is 0 Å². The van der Waals surface area contributed by atoms with Gasteiger partial charge in [0.2, 0.25) is 5.91 Å². The van der Waals surface area contributed by atoms with Crippen molar-refractivity contribution >= 4 is 41.7 Å². The quantitative estimate of drug-likeness (QED) is 0.417. The minimum absolute atomic E-state index is 0. The number of carbonyl (C=O) groups excluding carboxylic acids is 2. The number of nitrogens with one attached hydrogen (secondary N) is 3. The highest BCUT2D eigenvalue weighted by molar-refractivity contribution is 7.98. The first-order valence-electron chi connectivity index (χ1n) is 8.56. The zero-order valence-electron chi connectivity index (χ0n) is 15.1. The summed E-state index contributed by atoms with van der Waals surface area (Å²) >= 11 is 1.59. The molecular formula is C17H25ClN4O4S. The highest BCUT2D eigenvalue weighted by Crippen LogP contribution is 2.13. The van der Waals surface area contributed by atoms with Crippen LogP contribution >= 0.6 is 24.2 Å². The second-order valence-corrected chi connectivity index (χ2v) is 7.14. The monoisotopic (exact) mass is 416 g/mol. The number of halogens is 1. The van der Waals surface area contributed by atoms with Gasteiger partial charge in [-0.3, -0.25) is 19.7 Å². The fraction of sp³-hybridized carbons (Fsp3) is 0.529. The van der Waals surface area contributed by atoms with Crippen molar-refractivity contribution in [1.82, 2.24) is 16.0 Å². The maximum Gasteiger partial charge on any atom is 0.270 e. The van der Waals surface area contributed by atoms with E-state index in [-0.39, 0.29) is 35.6 Å². The molecule has 1 saturated heterocycles. The van der Waals surface area contributed by atoms with E-state index in [2.05, 4.69) is 16.0 Å². The predicted octanol–water partition coefficient (Wildman–Crippen LogP) is 1.74. The van der Waals surface area contributed by atoms with E-state index >= 15 is 0 Å². The zero-order valence-corrected chi connectivity index (χ0v) is 16.7. The minimum Gasteiger partial charge on any atom is -0.353 e. The molecule has 0 radical (unpaired) electrons. The van der Waals surface area contributed by atoms with Crippen molar-refractivity contribution in [2.45, 2.75) is 31.3 Å². The number of non-ortho nitro benzene ring substituents is 1. The van der Waals surface area contributed by atoms with Crippen molar-refractivity contribution in [2.75, 3.05) is 25.1 Å². The summed E-state index contributed by atoms with van der Waals surface area (Å²) in [6.07, 6.45) is 4.54. The molecule has 0 aliphatic carbocycles. The Hall–Kier alpha value is -1.84. The molecule has 150 valence electrons. The van der Waals surface area contributed by atoms with E-state index in [0.717, 1.165) is 25.1 Å². The fourth-order valence-electron chi connectivity index (χ4n) is 2.78. The number of benzene rings is 1. The molecule has 0 saturated carbocycles. The van der Waals surface area contributed by atoms with Crippen molar-refractivity contribution in [1.29, 1.82) is 0 Å². The van der Waals surface area contributed by atoms with Crippen LogP contribution < -0.4 is 16.0 Å². The standard InChI is InChI=1S/C17H24N4O4S.ClH/c1-26-9-7-15(17(23)19-11-13-5-3-8-18-13)20-16(22)12-4-2-6-14(10-12)21(24)25;/h2,4,6,10,13,15,18H,3,5,7-9,11H2,1H3,(H,19,23)(H,20,22);1H. The molecule has 2 amide bonds. The molecule has 10 heteroatoms. The molecule has 1 aromatic carbocycles. The van der Waals surface area contributed by atoms with Gasteiger partial charge in [0, 0.05) is 30.3 Å². The van der Waals surface area contributed by atoms with Crippen LogP contribution in [0.15, 0.2) is 24.3 Å². The van der Waals surface area contributed by atoms with Gasteiger partial charge in [0.1, 0.15) is 6.04 Å². The van der Waals surface area contributed by atoms with Crippen LogP contribution in [0.5, 0.6) is 0 Å². The van der Waals surface area contributed by atoms with E-state index in [1.807, 2.05) is 6.26 Å². The van der Waals surface area contributed by atoms with Crippen molar-refractivity contribution in [3.63, 3.8) is 0 Å². The third kappa shape index (κ3) is 7.36. The number of carbonyl (C=O) groups is 2. The number of nitro benzene ring substituents is 1. The zero-order chi connectivity index (χ0) is 18.9. The van der Waals surface area contributed by atoms with E-state index in [9.17, 15) is 19.7 Å². The van der Waals surface area contributed by atoms with Crippen molar-refractivity contribution in [3.05, 3.63) is 39.9 Å². The SMILES string of the molecule is CSCCC(NC(=O)c1cccc([N+](=O)[O-])c1)C(=O)NCC1CCCN1.Cl. The molecule has 8 nitrogen and oxygen atoms in total. The van der Waals surface area contributed by atoms with Crippen LogP contribution in [0.1, 0.15) is 29.6 Å². The van der Waals surface area contributed by atoms with Crippen LogP contribution in [-0.2, 0) is 4.79 Å². The van der Waals surface area contributed by atoms with Gasteiger partial charge < -0.3 is 16.0 Å². The van der Waals surface area contributed by atoms with Crippen LogP contribution in [0.3, 0.4) is 0 Å². The number of thioether (sulfide) groups is 1. The molecule has 1 aliphatic rings. The summed E-state index contributed by atoms with van der Waals surface area (Å²) in [4.78, 5) is 35.2. The minimum atomic E-state index is -0.671. The molecule has 1 heterocycles. The van der Waals surface area contributed by atoms with Gasteiger partial charge in [0.15, 0.2) is 0 Å². The van der Waals surface area contributed by atoms with Crippen LogP contribution in [-0.4, -0.2) is 53.9 Å². The summed E-state index contributed by atoms with van der Waals surface area (Å²) in [5.74, 6) is -0.00454. The molecule has 3 N–H and O–H groups in total. The Kier molecular flexibility index (Phi) is 10.1. The van der Waals surface area contributed by atoms with Crippen LogP contribution in [0.2, 0.25) is 0 Å². The van der Waals surface area contributed by atoms with Gasteiger partial charge >= 0.3 is 0 Å². The maximum atomic E-state index is 12.5. The second kappa shape index (κ2) is 11.8. The molecule has 1 fully saturated rings. The van der Waals surface area contributed by atoms with Crippen LogP contribution in [0.4, 0.5) is 5.69 Å². The third-order valence-electron chi connectivity index (χ3n) is 4.24. The Morgan fingerprint density at radius 3 is 2.85 bits per heavy atom. The number of amides is 2. The van der Waals surface area contributed by atoms with Crippen LogP contribution in [0, 0.1) is 10.1 Å². The average molecular weight is 417 g/mol. The Morgan fingerprint density at radius 1 is 1.44 bits per heavy atom. The second-order valence-electron chi connectivity index (χ2n) is 6.15. The molecular weight excluding hydrogens is 392 g/mol. The number of nitro groups is 1. The number of nitrogens with zero attached hydrogens (tertiary/aromatic N) is 1. The molecule has 0 spiro atoms. The summed E-state index contributed by atoms with van der Waals surface area (Å²) in [6.45, 7) is 1.49. The summed E-state index contributed by atoms with van der Waals surface area (Å²) in [5, 5.41) is 19.8. The summed E-state index contributed by atoms with van der Waals surface area (Å²) in [5.41, 5.74) is 0.00804. The van der Waals surface area contributed by atoms with Crippen molar-refractivity contribution in [2.24, 2.45) is 0 Å². The van der Waals surface area contributed by atoms with E-state index in [4.69, 9.17) is 0 Å². The number of hydrogen-bond acceptors (Lipinski definition) is 6. The van der Waals surface area contributed by atoms with E-state index in [1.54, 1.807) is 11.8 Å². The summed E-state index contributed by atoms with van der Waals surface area (Å²) in [7, 11) is 0. The Bertz CT molecular complexity index is 656. The highest BCUT2D eigenvalue weighted by Gasteiger charge is 2.23. The lowest BCUT2D eigenvalue weighted by Gasteiger charge is -2.19. The molecule has 2 atom stereocenters. The van der Waals surface area contributed by atoms with Crippen molar-refractivity contribution in [3.8, 4) is 0 Å². The third-order valence-corrected chi connectivity index (χ3v) is 4.88. The smallest absolute Gasteiger partial charge is 0.270 e. The molecule has 0 bridgehead atoms. The highest BCUT2D eigenvalue weighted by atomic mass is 35.5. The molecule has 0 aromatic heterocycles. The summed E-state index contributed by atoms with van der Waals surface area (Å²) < 4.78 is 0. The van der Waals surface area contributed by atoms with E-state index in [0.29, 0.717) is 13.0 Å².